The average molecular weight is 528 g/mol. The fraction of sp³-hybridized carbons (Fsp3) is 0.619. The molecule has 14 nitrogen and oxygen atoms in total. The van der Waals surface area contributed by atoms with Crippen LogP contribution in [0.25, 0.3) is 0 Å². The van der Waals surface area contributed by atoms with Crippen LogP contribution < -0.4 is 33.2 Å². The van der Waals surface area contributed by atoms with Gasteiger partial charge in [0.05, 0.1) is 12.4 Å². The number of nitrogens with one attached hydrogen (secondary N) is 4. The monoisotopic (exact) mass is 527 g/mol. The van der Waals surface area contributed by atoms with Crippen molar-refractivity contribution in [2.75, 3.05) is 12.3 Å². The molecule has 1 aromatic heterocycles. The molecule has 0 spiro atoms. The van der Waals surface area contributed by atoms with E-state index in [0.29, 0.717) is 18.5 Å². The smallest absolute Gasteiger partial charge is 0.327 e. The number of nitrogens with two attached hydrogens (primary N) is 3. The molecule has 0 fully saturated rings. The minimum absolute atomic E-state index is 0.0571. The Morgan fingerprint density at radius 3 is 2.25 bits per heavy atom. The zero-order chi connectivity index (χ0) is 27.3. The maximum atomic E-state index is 13.2. The maximum absolute atomic E-state index is 13.2. The number of aromatic amines is 1. The third kappa shape index (κ3) is 10.5. The van der Waals surface area contributed by atoms with Crippen molar-refractivity contribution in [2.24, 2.45) is 28.1 Å². The second-order valence-corrected chi connectivity index (χ2v) is 8.71. The molecule has 5 unspecified atom stereocenters. The molecule has 1 aromatic rings. The Morgan fingerprint density at radius 1 is 1.11 bits per heavy atom. The number of carbonyl (C=O) groups is 4. The van der Waals surface area contributed by atoms with E-state index in [4.69, 9.17) is 17.2 Å². The van der Waals surface area contributed by atoms with E-state index >= 15 is 0 Å². The molecule has 0 saturated carbocycles. The summed E-state index contributed by atoms with van der Waals surface area (Å²) in [5, 5.41) is 16.8. The van der Waals surface area contributed by atoms with Crippen molar-refractivity contribution in [1.82, 2.24) is 25.9 Å². The summed E-state index contributed by atoms with van der Waals surface area (Å²) in [6, 6.07) is -4.30. The Bertz CT molecular complexity index is 892. The van der Waals surface area contributed by atoms with Crippen LogP contribution in [-0.4, -0.2) is 81.2 Å². The molecule has 15 heteroatoms. The Morgan fingerprint density at radius 2 is 1.72 bits per heavy atom. The number of carboxylic acid groups (broad SMARTS) is 1. The topological polar surface area (TPSA) is 244 Å². The molecule has 36 heavy (non-hydrogen) atoms. The van der Waals surface area contributed by atoms with Gasteiger partial charge in [0, 0.05) is 30.6 Å². The number of hydrogen-bond donors (Lipinski definition) is 9. The van der Waals surface area contributed by atoms with E-state index in [1.165, 1.54) is 12.5 Å². The molecule has 5 atom stereocenters. The number of hydrogen-bond acceptors (Lipinski definition) is 8. The van der Waals surface area contributed by atoms with Crippen LogP contribution in [0.15, 0.2) is 17.5 Å². The van der Waals surface area contributed by atoms with Crippen LogP contribution in [0.3, 0.4) is 0 Å². The number of H-pyrrole nitrogens is 1. The number of carbonyl (C=O) groups excluding carboxylic acids is 3. The van der Waals surface area contributed by atoms with E-state index in [0.717, 1.165) is 0 Å². The van der Waals surface area contributed by atoms with Crippen molar-refractivity contribution < 1.29 is 24.3 Å². The van der Waals surface area contributed by atoms with Gasteiger partial charge >= 0.3 is 5.97 Å². The van der Waals surface area contributed by atoms with Crippen molar-refractivity contribution in [3.8, 4) is 0 Å². The van der Waals surface area contributed by atoms with Gasteiger partial charge in [-0.05, 0) is 18.8 Å². The van der Waals surface area contributed by atoms with Gasteiger partial charge in [-0.1, -0.05) is 20.3 Å². The normalized spacial score (nSPS) is 15.0. The molecule has 3 amide bonds. The summed E-state index contributed by atoms with van der Waals surface area (Å²) < 4.78 is 0. The summed E-state index contributed by atoms with van der Waals surface area (Å²) in [7, 11) is 0. The largest absolute Gasteiger partial charge is 0.480 e. The Hall–Kier alpha value is -3.33. The lowest BCUT2D eigenvalue weighted by Crippen LogP contribution is -2.58. The van der Waals surface area contributed by atoms with Crippen molar-refractivity contribution >= 4 is 42.3 Å². The third-order valence-electron chi connectivity index (χ3n) is 5.55. The Kier molecular flexibility index (Phi) is 13.3. The number of rotatable bonds is 16. The highest BCUT2D eigenvalue weighted by atomic mass is 32.1. The molecular formula is C21H37N9O5S. The number of aromatic nitrogens is 2. The van der Waals surface area contributed by atoms with Gasteiger partial charge in [0.15, 0.2) is 5.96 Å². The number of nitrogens with zero attached hydrogens (tertiary/aromatic N) is 2. The summed E-state index contributed by atoms with van der Waals surface area (Å²) in [5.41, 5.74) is 17.2. The zero-order valence-electron chi connectivity index (χ0n) is 20.4. The van der Waals surface area contributed by atoms with E-state index in [-0.39, 0.29) is 37.0 Å². The highest BCUT2D eigenvalue weighted by Crippen LogP contribution is 2.08. The van der Waals surface area contributed by atoms with Crippen LogP contribution in [0, 0.1) is 5.92 Å². The fourth-order valence-electron chi connectivity index (χ4n) is 3.11. The van der Waals surface area contributed by atoms with Gasteiger partial charge in [-0.2, -0.15) is 12.6 Å². The van der Waals surface area contributed by atoms with E-state index in [2.05, 4.69) is 43.5 Å². The number of amides is 3. The lowest BCUT2D eigenvalue weighted by Gasteiger charge is -2.25. The van der Waals surface area contributed by atoms with E-state index in [1.807, 2.05) is 13.8 Å². The van der Waals surface area contributed by atoms with Gasteiger partial charge in [-0.25, -0.2) is 9.78 Å². The van der Waals surface area contributed by atoms with Gasteiger partial charge in [-0.3, -0.25) is 19.4 Å². The third-order valence-corrected chi connectivity index (χ3v) is 5.91. The predicted molar refractivity (Wildman–Crippen MR) is 137 cm³/mol. The fourth-order valence-corrected chi connectivity index (χ4v) is 3.36. The first-order chi connectivity index (χ1) is 17.0. The minimum Gasteiger partial charge on any atom is -0.480 e. The number of thiol groups is 1. The molecule has 0 aliphatic rings. The van der Waals surface area contributed by atoms with Crippen LogP contribution >= 0.6 is 12.6 Å². The van der Waals surface area contributed by atoms with Gasteiger partial charge in [0.2, 0.25) is 17.7 Å². The molecule has 0 bridgehead atoms. The zero-order valence-corrected chi connectivity index (χ0v) is 21.3. The SMILES string of the molecule is CCC(C)C(N)C(=O)NC(Cc1cnc[nH]1)C(=O)NC(CCCN=C(N)N)C(=O)NC(CS)C(=O)O. The summed E-state index contributed by atoms with van der Waals surface area (Å²) in [5.74, 6) is -3.57. The second-order valence-electron chi connectivity index (χ2n) is 8.35. The molecule has 11 N–H and O–H groups in total. The predicted octanol–water partition coefficient (Wildman–Crippen LogP) is -2.15. The standard InChI is InChI=1S/C21H37N9O5S/c1-3-11(2)16(22)19(33)29-14(7-12-8-25-10-27-12)18(32)28-13(5-4-6-26-21(23)24)17(31)30-15(9-36)20(34)35/h8,10-11,13-16,36H,3-7,9,22H2,1-2H3,(H,25,27)(H,28,32)(H,29,33)(H,30,31)(H,34,35)(H4,23,24,26). The number of aliphatic carboxylic acids is 1. The quantitative estimate of drug-likeness (QED) is 0.0491. The molecule has 202 valence electrons. The molecule has 0 aromatic carbocycles. The summed E-state index contributed by atoms with van der Waals surface area (Å²) in [6.07, 6.45) is 4.07. The number of guanidine groups is 1. The second kappa shape index (κ2) is 15.6. The van der Waals surface area contributed by atoms with Crippen molar-refractivity contribution in [2.45, 2.75) is 63.7 Å². The van der Waals surface area contributed by atoms with E-state index in [9.17, 15) is 24.3 Å². The molecule has 0 aliphatic carbocycles. The molecule has 0 saturated heterocycles. The molecule has 1 rings (SSSR count). The minimum atomic E-state index is -1.27. The van der Waals surface area contributed by atoms with Crippen molar-refractivity contribution in [1.29, 1.82) is 0 Å². The van der Waals surface area contributed by atoms with Gasteiger partial charge < -0.3 is 43.2 Å². The summed E-state index contributed by atoms with van der Waals surface area (Å²) in [4.78, 5) is 60.8. The molecule has 1 heterocycles. The van der Waals surface area contributed by atoms with Crippen molar-refractivity contribution in [3.05, 3.63) is 18.2 Å². The van der Waals surface area contributed by atoms with Crippen LogP contribution in [-0.2, 0) is 25.6 Å². The lowest BCUT2D eigenvalue weighted by atomic mass is 9.98. The van der Waals surface area contributed by atoms with Crippen LogP contribution in [0.4, 0.5) is 0 Å². The first-order valence-electron chi connectivity index (χ1n) is 11.5. The van der Waals surface area contributed by atoms with Gasteiger partial charge in [0.1, 0.15) is 18.1 Å². The van der Waals surface area contributed by atoms with Crippen LogP contribution in [0.1, 0.15) is 38.8 Å². The lowest BCUT2D eigenvalue weighted by molar-refractivity contribution is -0.141. The molecule has 0 radical (unpaired) electrons. The number of imidazole rings is 1. The van der Waals surface area contributed by atoms with E-state index in [1.54, 1.807) is 0 Å². The van der Waals surface area contributed by atoms with Gasteiger partial charge in [0.25, 0.3) is 0 Å². The molecular weight excluding hydrogens is 490 g/mol. The highest BCUT2D eigenvalue weighted by molar-refractivity contribution is 7.80. The van der Waals surface area contributed by atoms with Gasteiger partial charge in [-0.15, -0.1) is 0 Å². The van der Waals surface area contributed by atoms with Crippen molar-refractivity contribution in [3.63, 3.8) is 0 Å². The first-order valence-corrected chi connectivity index (χ1v) is 12.2. The summed E-state index contributed by atoms with van der Waals surface area (Å²) >= 11 is 3.94. The average Bonchev–Trinajstić information content (AvgIpc) is 3.35. The van der Waals surface area contributed by atoms with Crippen LogP contribution in [0.2, 0.25) is 0 Å². The highest BCUT2D eigenvalue weighted by Gasteiger charge is 2.31. The maximum Gasteiger partial charge on any atom is 0.327 e. The number of aliphatic imine (C=N–C) groups is 1. The first kappa shape index (κ1) is 30.7. The number of carboxylic acids is 1. The van der Waals surface area contributed by atoms with Crippen LogP contribution in [0.5, 0.6) is 0 Å². The Labute approximate surface area is 215 Å². The Balaban J connectivity index is 3.07. The van der Waals surface area contributed by atoms with E-state index < -0.39 is 47.9 Å². The molecule has 0 aliphatic heterocycles. The summed E-state index contributed by atoms with van der Waals surface area (Å²) in [6.45, 7) is 3.91.